The van der Waals surface area contributed by atoms with E-state index in [-0.39, 0.29) is 28.0 Å². The van der Waals surface area contributed by atoms with Gasteiger partial charge >= 0.3 is 0 Å². The normalized spacial score (nSPS) is 19.1. The molecule has 0 aliphatic carbocycles. The van der Waals surface area contributed by atoms with Crippen molar-refractivity contribution in [1.82, 2.24) is 0 Å². The van der Waals surface area contributed by atoms with Crippen molar-refractivity contribution in [3.63, 3.8) is 0 Å². The summed E-state index contributed by atoms with van der Waals surface area (Å²) in [4.78, 5) is 24.5. The number of furan rings is 1. The van der Waals surface area contributed by atoms with Gasteiger partial charge in [-0.15, -0.1) is 0 Å². The second-order valence-corrected chi connectivity index (χ2v) is 5.79. The first-order chi connectivity index (χ1) is 9.54. The van der Waals surface area contributed by atoms with E-state index in [2.05, 4.69) is 0 Å². The number of anilines is 1. The minimum Gasteiger partial charge on any atom is -0.459 e. The van der Waals surface area contributed by atoms with Crippen molar-refractivity contribution in [3.05, 3.63) is 29.3 Å². The van der Waals surface area contributed by atoms with E-state index in [0.29, 0.717) is 23.1 Å². The molecule has 0 N–H and O–H groups in total. The lowest BCUT2D eigenvalue weighted by molar-refractivity contribution is 0.112. The van der Waals surface area contributed by atoms with Crippen LogP contribution in [-0.4, -0.2) is 23.3 Å². The number of thioether (sulfide) groups is 1. The number of fused-ring (bicyclic) bond motifs is 1. The van der Waals surface area contributed by atoms with Gasteiger partial charge in [0.05, 0.1) is 5.69 Å². The fourth-order valence-electron chi connectivity index (χ4n) is 2.39. The molecule has 0 unspecified atom stereocenters. The summed E-state index contributed by atoms with van der Waals surface area (Å²) in [6, 6.07) is 1.58. The average Bonchev–Trinajstić information content (AvgIpc) is 2.97. The monoisotopic (exact) mass is 293 g/mol. The lowest BCUT2D eigenvalue weighted by atomic mass is 10.1. The molecule has 0 saturated carbocycles. The van der Waals surface area contributed by atoms with Crippen molar-refractivity contribution < 1.29 is 18.4 Å². The van der Waals surface area contributed by atoms with Gasteiger partial charge in [0.2, 0.25) is 0 Å². The minimum absolute atomic E-state index is 0.0114. The summed E-state index contributed by atoms with van der Waals surface area (Å²) >= 11 is 1.22. The number of nitrogens with zero attached hydrogens (tertiary/aromatic N) is 1. The molecule has 0 radical (unpaired) electrons. The van der Waals surface area contributed by atoms with Gasteiger partial charge in [-0.25, -0.2) is 4.39 Å². The van der Waals surface area contributed by atoms with E-state index < -0.39 is 5.82 Å². The van der Waals surface area contributed by atoms with Crippen molar-refractivity contribution in [1.29, 1.82) is 0 Å². The maximum absolute atomic E-state index is 14.2. The maximum atomic E-state index is 14.2. The number of rotatable bonds is 2. The Morgan fingerprint density at radius 2 is 2.30 bits per heavy atom. The Bertz CT molecular complexity index is 725. The maximum Gasteiger partial charge on any atom is 0.286 e. The number of carbonyl (C=O) groups excluding carboxylic acids is 2. The van der Waals surface area contributed by atoms with Crippen molar-refractivity contribution in [3.8, 4) is 0 Å². The number of aldehydes is 1. The summed E-state index contributed by atoms with van der Waals surface area (Å²) in [6.45, 7) is 3.45. The molecular weight excluding hydrogens is 281 g/mol. The SMILES string of the molecule is Cc1c(C=O)cc2c(N3C(=O)SC[C@@H]3C)coc2c1F. The van der Waals surface area contributed by atoms with Crippen LogP contribution in [0, 0.1) is 12.7 Å². The summed E-state index contributed by atoms with van der Waals surface area (Å²) in [5.74, 6) is 0.128. The Morgan fingerprint density at radius 3 is 2.90 bits per heavy atom. The van der Waals surface area contributed by atoms with Gasteiger partial charge in [-0.1, -0.05) is 11.8 Å². The molecule has 6 heteroatoms. The zero-order valence-electron chi connectivity index (χ0n) is 11.0. The number of halogens is 1. The lowest BCUT2D eigenvalue weighted by Gasteiger charge is -2.18. The second-order valence-electron chi connectivity index (χ2n) is 4.82. The molecule has 1 amide bonds. The smallest absolute Gasteiger partial charge is 0.286 e. The van der Waals surface area contributed by atoms with E-state index in [1.165, 1.54) is 24.9 Å². The van der Waals surface area contributed by atoms with Gasteiger partial charge in [0.25, 0.3) is 5.24 Å². The highest BCUT2D eigenvalue weighted by molar-refractivity contribution is 8.14. The molecule has 0 spiro atoms. The van der Waals surface area contributed by atoms with Crippen molar-refractivity contribution >= 4 is 39.9 Å². The van der Waals surface area contributed by atoms with Crippen molar-refractivity contribution in [2.45, 2.75) is 19.9 Å². The number of amides is 1. The van der Waals surface area contributed by atoms with Crippen LogP contribution in [0.25, 0.3) is 11.0 Å². The summed E-state index contributed by atoms with van der Waals surface area (Å²) in [5, 5.41) is 0.367. The molecule has 20 heavy (non-hydrogen) atoms. The van der Waals surface area contributed by atoms with Gasteiger partial charge in [0, 0.05) is 22.7 Å². The molecule has 104 valence electrons. The molecule has 1 aliphatic rings. The number of hydrogen-bond acceptors (Lipinski definition) is 4. The Labute approximate surface area is 118 Å². The molecule has 1 aliphatic heterocycles. The summed E-state index contributed by atoms with van der Waals surface area (Å²) in [7, 11) is 0. The van der Waals surface area contributed by atoms with Crippen molar-refractivity contribution in [2.24, 2.45) is 0 Å². The van der Waals surface area contributed by atoms with Crippen LogP contribution in [0.2, 0.25) is 0 Å². The zero-order chi connectivity index (χ0) is 14.4. The fraction of sp³-hybridized carbons (Fsp3) is 0.286. The minimum atomic E-state index is -0.553. The zero-order valence-corrected chi connectivity index (χ0v) is 11.8. The summed E-state index contributed by atoms with van der Waals surface area (Å²) < 4.78 is 19.5. The van der Waals surface area contributed by atoms with E-state index >= 15 is 0 Å². The van der Waals surface area contributed by atoms with Gasteiger partial charge in [-0.2, -0.15) is 0 Å². The third-order valence-corrected chi connectivity index (χ3v) is 4.64. The van der Waals surface area contributed by atoms with E-state index in [4.69, 9.17) is 4.42 Å². The molecule has 2 heterocycles. The quantitative estimate of drug-likeness (QED) is 0.791. The second kappa shape index (κ2) is 4.63. The molecule has 4 nitrogen and oxygen atoms in total. The van der Waals surface area contributed by atoms with Crippen LogP contribution in [-0.2, 0) is 0 Å². The van der Waals surface area contributed by atoms with Gasteiger partial charge in [-0.05, 0) is 25.5 Å². The molecule has 3 rings (SSSR count). The van der Waals surface area contributed by atoms with E-state index in [1.54, 1.807) is 11.0 Å². The van der Waals surface area contributed by atoms with Crippen LogP contribution in [0.15, 0.2) is 16.7 Å². The third-order valence-electron chi connectivity index (χ3n) is 3.54. The Kier molecular flexibility index (Phi) is 3.05. The predicted octanol–water partition coefficient (Wildman–Crippen LogP) is 3.75. The molecule has 1 aromatic heterocycles. The first kappa shape index (κ1) is 13.2. The van der Waals surface area contributed by atoms with Crippen LogP contribution in [0.3, 0.4) is 0 Å². The van der Waals surface area contributed by atoms with Crippen LogP contribution in [0.4, 0.5) is 14.9 Å². The van der Waals surface area contributed by atoms with E-state index in [1.807, 2.05) is 6.92 Å². The number of carbonyl (C=O) groups is 2. The highest BCUT2D eigenvalue weighted by Gasteiger charge is 2.32. The van der Waals surface area contributed by atoms with Crippen LogP contribution < -0.4 is 4.90 Å². The molecule has 1 aromatic carbocycles. The number of hydrogen-bond donors (Lipinski definition) is 0. The lowest BCUT2D eigenvalue weighted by Crippen LogP contribution is -2.30. The predicted molar refractivity (Wildman–Crippen MR) is 76.1 cm³/mol. The fourth-order valence-corrected chi connectivity index (χ4v) is 3.34. The standard InChI is InChI=1S/C14H12FNO3S/c1-7-6-20-14(18)16(7)11-5-19-13-10(11)3-9(4-17)8(2)12(13)15/h3-5,7H,6H2,1-2H3/t7-/m0/s1. The van der Waals surface area contributed by atoms with Gasteiger partial charge in [0.1, 0.15) is 12.5 Å². The molecule has 1 saturated heterocycles. The molecule has 0 bridgehead atoms. The van der Waals surface area contributed by atoms with E-state index in [9.17, 15) is 14.0 Å². The molecule has 1 atom stereocenters. The topological polar surface area (TPSA) is 50.5 Å². The summed E-state index contributed by atoms with van der Waals surface area (Å²) in [6.07, 6.45) is 1.99. The van der Waals surface area contributed by atoms with Crippen molar-refractivity contribution in [2.75, 3.05) is 10.7 Å². The third kappa shape index (κ3) is 1.75. The average molecular weight is 293 g/mol. The van der Waals surface area contributed by atoms with Crippen LogP contribution in [0.1, 0.15) is 22.8 Å². The highest BCUT2D eigenvalue weighted by atomic mass is 32.2. The molecule has 1 fully saturated rings. The van der Waals surface area contributed by atoms with Gasteiger partial charge in [-0.3, -0.25) is 14.5 Å². The van der Waals surface area contributed by atoms with E-state index in [0.717, 1.165) is 0 Å². The Hall–Kier alpha value is -1.82. The first-order valence-electron chi connectivity index (χ1n) is 6.16. The van der Waals surface area contributed by atoms with Crippen LogP contribution >= 0.6 is 11.8 Å². The Morgan fingerprint density at radius 1 is 1.55 bits per heavy atom. The summed E-state index contributed by atoms with van der Waals surface area (Å²) in [5.41, 5.74) is 1.12. The highest BCUT2D eigenvalue weighted by Crippen LogP contribution is 2.38. The molecular formula is C14H12FNO3S. The van der Waals surface area contributed by atoms with Crippen LogP contribution in [0.5, 0.6) is 0 Å². The largest absolute Gasteiger partial charge is 0.459 e. The van der Waals surface area contributed by atoms with Gasteiger partial charge in [0.15, 0.2) is 11.4 Å². The molecule has 2 aromatic rings. The first-order valence-corrected chi connectivity index (χ1v) is 7.14. The van der Waals surface area contributed by atoms with Gasteiger partial charge < -0.3 is 4.42 Å². The number of benzene rings is 1. The Balaban J connectivity index is 2.26.